The number of rotatable bonds is 5. The number of allylic oxidation sites excluding steroid dienone is 2. The molecule has 0 radical (unpaired) electrons. The van der Waals surface area contributed by atoms with Crippen LogP contribution in [-0.2, 0) is 4.79 Å². The van der Waals surface area contributed by atoms with Gasteiger partial charge in [-0.05, 0) is 12.7 Å². The highest BCUT2D eigenvalue weighted by Gasteiger charge is 1.88. The molecule has 0 aromatic rings. The fourth-order valence-electron chi connectivity index (χ4n) is 0.628. The summed E-state index contributed by atoms with van der Waals surface area (Å²) in [7, 11) is 0. The van der Waals surface area contributed by atoms with E-state index >= 15 is 0 Å². The molecule has 0 aliphatic carbocycles. The number of hydrogen-bond acceptors (Lipinski definition) is 2. The highest BCUT2D eigenvalue weighted by molar-refractivity contribution is 8.03. The van der Waals surface area contributed by atoms with Gasteiger partial charge < -0.3 is 0 Å². The van der Waals surface area contributed by atoms with Crippen molar-refractivity contribution < 1.29 is 4.79 Å². The van der Waals surface area contributed by atoms with Gasteiger partial charge in [0.05, 0.1) is 0 Å². The van der Waals surface area contributed by atoms with Gasteiger partial charge in [0, 0.05) is 4.91 Å². The first-order valence-corrected chi connectivity index (χ1v) is 4.77. The van der Waals surface area contributed by atoms with Crippen LogP contribution in [0, 0.1) is 0 Å². The van der Waals surface area contributed by atoms with Crippen LogP contribution in [0.25, 0.3) is 0 Å². The Morgan fingerprint density at radius 3 is 2.70 bits per heavy atom. The summed E-state index contributed by atoms with van der Waals surface area (Å²) in [5.74, 6) is 0. The molecule has 0 aromatic carbocycles. The first-order valence-electron chi connectivity index (χ1n) is 3.54. The normalized spacial score (nSPS) is 11.6. The molecule has 58 valence electrons. The smallest absolute Gasteiger partial charge is 0.156 e. The summed E-state index contributed by atoms with van der Waals surface area (Å²) in [5, 5.41) is 0. The molecule has 0 aromatic heterocycles. The van der Waals surface area contributed by atoms with E-state index < -0.39 is 0 Å². The lowest BCUT2D eigenvalue weighted by molar-refractivity contribution is -0.104. The van der Waals surface area contributed by atoms with Crippen molar-refractivity contribution in [3.63, 3.8) is 0 Å². The van der Waals surface area contributed by atoms with Crippen molar-refractivity contribution >= 4 is 18.0 Å². The average Bonchev–Trinajstić information content (AvgIpc) is 1.99. The Balaban J connectivity index is 3.53. The SMILES string of the molecule is CCCC/C=C(\C=O)SC. The van der Waals surface area contributed by atoms with Crippen molar-refractivity contribution in [2.45, 2.75) is 26.2 Å². The second kappa shape index (κ2) is 6.87. The highest BCUT2D eigenvalue weighted by Crippen LogP contribution is 2.09. The number of unbranched alkanes of at least 4 members (excludes halogenated alkanes) is 2. The topological polar surface area (TPSA) is 17.1 Å². The number of aldehydes is 1. The summed E-state index contributed by atoms with van der Waals surface area (Å²) in [6, 6.07) is 0. The molecule has 0 N–H and O–H groups in total. The summed E-state index contributed by atoms with van der Waals surface area (Å²) >= 11 is 1.51. The van der Waals surface area contributed by atoms with Crippen molar-refractivity contribution in [2.24, 2.45) is 0 Å². The van der Waals surface area contributed by atoms with Crippen LogP contribution in [0.5, 0.6) is 0 Å². The van der Waals surface area contributed by atoms with Gasteiger partial charge in [-0.15, -0.1) is 11.8 Å². The fraction of sp³-hybridized carbons (Fsp3) is 0.625. The molecule has 0 saturated heterocycles. The largest absolute Gasteiger partial charge is 0.297 e. The van der Waals surface area contributed by atoms with Gasteiger partial charge in [-0.1, -0.05) is 25.8 Å². The molecule has 10 heavy (non-hydrogen) atoms. The molecule has 0 atom stereocenters. The summed E-state index contributed by atoms with van der Waals surface area (Å²) in [5.41, 5.74) is 0. The standard InChI is InChI=1S/C8H14OS/c1-3-4-5-6-8(7-9)10-2/h6-7H,3-5H2,1-2H3/b8-6+. The number of hydrogen-bond donors (Lipinski definition) is 0. The second-order valence-corrected chi connectivity index (χ2v) is 2.95. The molecule has 0 heterocycles. The molecule has 1 nitrogen and oxygen atoms in total. The number of carbonyl (C=O) groups excluding carboxylic acids is 1. The van der Waals surface area contributed by atoms with Crippen LogP contribution in [0.1, 0.15) is 26.2 Å². The lowest BCUT2D eigenvalue weighted by Crippen LogP contribution is -1.76. The molecule has 0 fully saturated rings. The lowest BCUT2D eigenvalue weighted by atomic mass is 10.2. The predicted molar refractivity (Wildman–Crippen MR) is 47.2 cm³/mol. The van der Waals surface area contributed by atoms with E-state index in [9.17, 15) is 4.79 Å². The van der Waals surface area contributed by atoms with Gasteiger partial charge >= 0.3 is 0 Å². The van der Waals surface area contributed by atoms with E-state index in [1.54, 1.807) is 0 Å². The van der Waals surface area contributed by atoms with Crippen LogP contribution < -0.4 is 0 Å². The van der Waals surface area contributed by atoms with E-state index in [1.165, 1.54) is 24.6 Å². The zero-order valence-corrected chi connectivity index (χ0v) is 7.41. The average molecular weight is 158 g/mol. The molecule has 0 bridgehead atoms. The van der Waals surface area contributed by atoms with E-state index in [-0.39, 0.29) is 0 Å². The zero-order valence-electron chi connectivity index (χ0n) is 6.59. The maximum atomic E-state index is 10.2. The Morgan fingerprint density at radius 1 is 1.60 bits per heavy atom. The van der Waals surface area contributed by atoms with E-state index in [2.05, 4.69) is 6.92 Å². The highest BCUT2D eigenvalue weighted by atomic mass is 32.2. The monoisotopic (exact) mass is 158 g/mol. The van der Waals surface area contributed by atoms with Gasteiger partial charge in [-0.2, -0.15) is 0 Å². The maximum absolute atomic E-state index is 10.2. The minimum absolute atomic E-state index is 0.855. The summed E-state index contributed by atoms with van der Waals surface area (Å²) in [4.78, 5) is 11.1. The van der Waals surface area contributed by atoms with Crippen LogP contribution in [0.15, 0.2) is 11.0 Å². The van der Waals surface area contributed by atoms with Gasteiger partial charge in [0.2, 0.25) is 0 Å². The molecule has 0 aliphatic rings. The van der Waals surface area contributed by atoms with Crippen molar-refractivity contribution in [3.05, 3.63) is 11.0 Å². The molecule has 0 rings (SSSR count). The van der Waals surface area contributed by atoms with Gasteiger partial charge in [0.25, 0.3) is 0 Å². The fourth-order valence-corrected chi connectivity index (χ4v) is 1.01. The van der Waals surface area contributed by atoms with Crippen molar-refractivity contribution in [3.8, 4) is 0 Å². The third-order valence-corrected chi connectivity index (χ3v) is 1.99. The van der Waals surface area contributed by atoms with Gasteiger partial charge in [0.1, 0.15) is 0 Å². The summed E-state index contributed by atoms with van der Waals surface area (Å²) in [6.45, 7) is 2.15. The molecular weight excluding hydrogens is 144 g/mol. The molecule has 0 spiro atoms. The Labute approximate surface area is 66.9 Å². The quantitative estimate of drug-likeness (QED) is 0.347. The maximum Gasteiger partial charge on any atom is 0.156 e. The zero-order chi connectivity index (χ0) is 7.82. The van der Waals surface area contributed by atoms with Crippen LogP contribution in [0.2, 0.25) is 0 Å². The minimum Gasteiger partial charge on any atom is -0.297 e. The predicted octanol–water partition coefficient (Wildman–Crippen LogP) is 2.62. The molecule has 2 heteroatoms. The van der Waals surface area contributed by atoms with Crippen LogP contribution in [-0.4, -0.2) is 12.5 Å². The Morgan fingerprint density at radius 2 is 2.30 bits per heavy atom. The van der Waals surface area contributed by atoms with Crippen LogP contribution in [0.4, 0.5) is 0 Å². The molecule has 0 aliphatic heterocycles. The molecule has 0 saturated carbocycles. The molecule has 0 amide bonds. The lowest BCUT2D eigenvalue weighted by Gasteiger charge is -1.92. The third-order valence-electron chi connectivity index (χ3n) is 1.26. The Bertz CT molecular complexity index is 118. The van der Waals surface area contributed by atoms with Crippen molar-refractivity contribution in [1.82, 2.24) is 0 Å². The van der Waals surface area contributed by atoms with E-state index in [1.807, 2.05) is 12.3 Å². The molecular formula is C8H14OS. The Kier molecular flexibility index (Phi) is 6.71. The van der Waals surface area contributed by atoms with E-state index in [0.717, 1.165) is 17.6 Å². The van der Waals surface area contributed by atoms with Gasteiger partial charge in [-0.25, -0.2) is 0 Å². The first-order chi connectivity index (χ1) is 4.85. The third kappa shape index (κ3) is 4.62. The van der Waals surface area contributed by atoms with E-state index in [0.29, 0.717) is 0 Å². The minimum atomic E-state index is 0.855. The first kappa shape index (κ1) is 9.76. The second-order valence-electron chi connectivity index (χ2n) is 2.07. The van der Waals surface area contributed by atoms with Crippen molar-refractivity contribution in [1.29, 1.82) is 0 Å². The van der Waals surface area contributed by atoms with Gasteiger partial charge in [-0.3, -0.25) is 4.79 Å². The van der Waals surface area contributed by atoms with Crippen molar-refractivity contribution in [2.75, 3.05) is 6.26 Å². The summed E-state index contributed by atoms with van der Waals surface area (Å²) in [6.07, 6.45) is 8.24. The number of thioether (sulfide) groups is 1. The van der Waals surface area contributed by atoms with Gasteiger partial charge in [0.15, 0.2) is 6.29 Å². The van der Waals surface area contributed by atoms with Crippen LogP contribution >= 0.6 is 11.8 Å². The molecule has 0 unspecified atom stereocenters. The van der Waals surface area contributed by atoms with Crippen LogP contribution in [0.3, 0.4) is 0 Å². The van der Waals surface area contributed by atoms with E-state index in [4.69, 9.17) is 0 Å². The summed E-state index contributed by atoms with van der Waals surface area (Å²) < 4.78 is 0. The Hall–Kier alpha value is -0.240. The number of carbonyl (C=O) groups is 1.